The van der Waals surface area contributed by atoms with Gasteiger partial charge in [0.15, 0.2) is 0 Å². The number of ether oxygens (including phenoxy) is 2. The monoisotopic (exact) mass is 694 g/mol. The van der Waals surface area contributed by atoms with Crippen molar-refractivity contribution in [3.63, 3.8) is 0 Å². The SMILES string of the molecule is C[C@H]1CCCCO[C@H](CN(C)C(=O)CCCN(C)C)[C@@H](C)CN([C@@H](C)CO)C(=O)c2cc(NS(=O)(=O)c3ccc(Cl)cc3)ccc2O1. The number of aliphatic hydroxyl groups excluding tert-OH is 1. The number of carbonyl (C=O) groups is 2. The molecule has 0 saturated heterocycles. The maximum Gasteiger partial charge on any atom is 0.261 e. The molecule has 0 aliphatic carbocycles. The Morgan fingerprint density at radius 1 is 1.13 bits per heavy atom. The van der Waals surface area contributed by atoms with Gasteiger partial charge in [0.25, 0.3) is 15.9 Å². The van der Waals surface area contributed by atoms with Crippen molar-refractivity contribution >= 4 is 39.1 Å². The molecule has 47 heavy (non-hydrogen) atoms. The second-order valence-electron chi connectivity index (χ2n) is 12.8. The molecule has 2 aromatic rings. The molecule has 13 heteroatoms. The van der Waals surface area contributed by atoms with Crippen LogP contribution in [0.4, 0.5) is 5.69 Å². The summed E-state index contributed by atoms with van der Waals surface area (Å²) in [5.41, 5.74) is 0.355. The maximum absolute atomic E-state index is 14.3. The number of nitrogens with one attached hydrogen (secondary N) is 1. The molecule has 1 aliphatic heterocycles. The van der Waals surface area contributed by atoms with Gasteiger partial charge in [-0.15, -0.1) is 0 Å². The lowest BCUT2D eigenvalue weighted by Gasteiger charge is -2.36. The number of hydrogen-bond acceptors (Lipinski definition) is 8. The topological polar surface area (TPSA) is 129 Å². The summed E-state index contributed by atoms with van der Waals surface area (Å²) in [6.45, 7) is 7.27. The largest absolute Gasteiger partial charge is 0.490 e. The number of likely N-dealkylation sites (N-methyl/N-ethyl adjacent to an activating group) is 1. The second kappa shape index (κ2) is 18.0. The van der Waals surface area contributed by atoms with E-state index in [2.05, 4.69) is 4.72 Å². The second-order valence-corrected chi connectivity index (χ2v) is 14.9. The highest BCUT2D eigenvalue weighted by atomic mass is 35.5. The molecule has 2 N–H and O–H groups in total. The van der Waals surface area contributed by atoms with Gasteiger partial charge in [-0.2, -0.15) is 0 Å². The summed E-state index contributed by atoms with van der Waals surface area (Å²) in [7, 11) is 1.75. The van der Waals surface area contributed by atoms with Gasteiger partial charge in [-0.05, 0) is 103 Å². The van der Waals surface area contributed by atoms with Gasteiger partial charge < -0.3 is 29.3 Å². The van der Waals surface area contributed by atoms with Crippen LogP contribution in [0.5, 0.6) is 5.75 Å². The molecule has 1 aliphatic rings. The number of fused-ring (bicyclic) bond motifs is 1. The summed E-state index contributed by atoms with van der Waals surface area (Å²) in [4.78, 5) is 32.6. The van der Waals surface area contributed by atoms with Gasteiger partial charge in [0.1, 0.15) is 5.75 Å². The van der Waals surface area contributed by atoms with E-state index in [1.807, 2.05) is 32.8 Å². The fourth-order valence-electron chi connectivity index (χ4n) is 5.39. The van der Waals surface area contributed by atoms with Crippen LogP contribution in [0.2, 0.25) is 5.02 Å². The number of benzene rings is 2. The molecule has 1 heterocycles. The molecule has 0 aromatic heterocycles. The van der Waals surface area contributed by atoms with E-state index >= 15 is 0 Å². The van der Waals surface area contributed by atoms with Gasteiger partial charge in [-0.1, -0.05) is 18.5 Å². The van der Waals surface area contributed by atoms with E-state index in [0.29, 0.717) is 36.8 Å². The fourth-order valence-corrected chi connectivity index (χ4v) is 6.56. The van der Waals surface area contributed by atoms with E-state index in [-0.39, 0.29) is 53.3 Å². The van der Waals surface area contributed by atoms with Crippen LogP contribution in [0.3, 0.4) is 0 Å². The van der Waals surface area contributed by atoms with Gasteiger partial charge in [0, 0.05) is 49.8 Å². The Hall–Kier alpha value is -2.90. The van der Waals surface area contributed by atoms with Crippen LogP contribution in [0.1, 0.15) is 63.2 Å². The summed E-state index contributed by atoms with van der Waals surface area (Å²) >= 11 is 5.94. The van der Waals surface area contributed by atoms with Crippen molar-refractivity contribution in [1.29, 1.82) is 0 Å². The molecular weight excluding hydrogens is 644 g/mol. The number of nitrogens with zero attached hydrogens (tertiary/aromatic N) is 3. The highest BCUT2D eigenvalue weighted by molar-refractivity contribution is 7.92. The quantitative estimate of drug-likeness (QED) is 0.346. The Morgan fingerprint density at radius 2 is 1.83 bits per heavy atom. The Balaban J connectivity index is 1.93. The lowest BCUT2D eigenvalue weighted by atomic mass is 10.0. The Kier molecular flexibility index (Phi) is 14.8. The zero-order chi connectivity index (χ0) is 34.7. The number of sulfonamides is 1. The normalized spacial score (nSPS) is 20.6. The van der Waals surface area contributed by atoms with Crippen LogP contribution in [0, 0.1) is 5.92 Å². The first-order valence-corrected chi connectivity index (χ1v) is 18.1. The average Bonchev–Trinajstić information content (AvgIpc) is 3.02. The van der Waals surface area contributed by atoms with Crippen molar-refractivity contribution in [2.24, 2.45) is 5.92 Å². The fraction of sp³-hybridized carbons (Fsp3) is 0.588. The van der Waals surface area contributed by atoms with Gasteiger partial charge in [-0.3, -0.25) is 14.3 Å². The molecular formula is C34H51ClN4O7S. The minimum Gasteiger partial charge on any atom is -0.490 e. The maximum atomic E-state index is 14.3. The first kappa shape index (κ1) is 38.5. The molecule has 4 atom stereocenters. The smallest absolute Gasteiger partial charge is 0.261 e. The zero-order valence-electron chi connectivity index (χ0n) is 28.4. The highest BCUT2D eigenvalue weighted by Gasteiger charge is 2.31. The summed E-state index contributed by atoms with van der Waals surface area (Å²) in [5.74, 6) is -0.264. The number of aliphatic hydroxyl groups is 1. The van der Waals surface area contributed by atoms with Gasteiger partial charge in [0.05, 0.1) is 35.3 Å². The lowest BCUT2D eigenvalue weighted by Crippen LogP contribution is -2.48. The van der Waals surface area contributed by atoms with E-state index in [0.717, 1.165) is 25.8 Å². The summed E-state index contributed by atoms with van der Waals surface area (Å²) in [5, 5.41) is 10.6. The third-order valence-corrected chi connectivity index (χ3v) is 9.95. The Morgan fingerprint density at radius 3 is 2.49 bits per heavy atom. The van der Waals surface area contributed by atoms with E-state index in [4.69, 9.17) is 21.1 Å². The van der Waals surface area contributed by atoms with Gasteiger partial charge in [-0.25, -0.2) is 8.42 Å². The molecule has 0 saturated carbocycles. The van der Waals surface area contributed by atoms with Crippen LogP contribution < -0.4 is 9.46 Å². The number of amides is 2. The molecule has 2 aromatic carbocycles. The Bertz CT molecular complexity index is 1420. The first-order valence-electron chi connectivity index (χ1n) is 16.2. The molecule has 3 rings (SSSR count). The molecule has 0 radical (unpaired) electrons. The van der Waals surface area contributed by atoms with Crippen molar-refractivity contribution in [1.82, 2.24) is 14.7 Å². The van der Waals surface area contributed by atoms with Crippen molar-refractivity contribution in [2.75, 3.05) is 58.7 Å². The van der Waals surface area contributed by atoms with Crippen molar-refractivity contribution < 1.29 is 32.6 Å². The van der Waals surface area contributed by atoms with Gasteiger partial charge >= 0.3 is 0 Å². The minimum absolute atomic E-state index is 0.0229. The molecule has 0 spiro atoms. The number of rotatable bonds is 11. The van der Waals surface area contributed by atoms with Crippen molar-refractivity contribution in [3.05, 3.63) is 53.1 Å². The summed E-state index contributed by atoms with van der Waals surface area (Å²) in [6.07, 6.45) is 2.94. The summed E-state index contributed by atoms with van der Waals surface area (Å²) < 4.78 is 41.5. The Labute approximate surface area is 285 Å². The van der Waals surface area contributed by atoms with Crippen LogP contribution in [0.15, 0.2) is 47.4 Å². The number of anilines is 1. The van der Waals surface area contributed by atoms with E-state index in [9.17, 15) is 23.1 Å². The molecule has 2 amide bonds. The standard InChI is InChI=1S/C34H51ClN4O7S/c1-24-21-39(25(2)23-40)34(42)30-20-28(36-47(43,44)29-15-12-27(35)13-16-29)14-17-31(30)46-26(3)10-7-8-19-45-32(24)22-38(6)33(41)11-9-18-37(4)5/h12-17,20,24-26,32,36,40H,7-11,18-19,21-23H2,1-6H3/t24-,25-,26-,32+/m0/s1. The molecule has 0 unspecified atom stereocenters. The highest BCUT2D eigenvalue weighted by Crippen LogP contribution is 2.30. The van der Waals surface area contributed by atoms with Crippen LogP contribution in [-0.2, 0) is 19.6 Å². The third-order valence-electron chi connectivity index (χ3n) is 8.30. The zero-order valence-corrected chi connectivity index (χ0v) is 30.0. The molecule has 0 fully saturated rings. The number of carbonyl (C=O) groups excluding carboxylic acids is 2. The third kappa shape index (κ3) is 11.6. The van der Waals surface area contributed by atoms with Crippen LogP contribution >= 0.6 is 11.6 Å². The molecule has 11 nitrogen and oxygen atoms in total. The van der Waals surface area contributed by atoms with E-state index < -0.39 is 22.0 Å². The van der Waals surface area contributed by atoms with Crippen LogP contribution in [0.25, 0.3) is 0 Å². The predicted octanol–water partition coefficient (Wildman–Crippen LogP) is 4.74. The van der Waals surface area contributed by atoms with E-state index in [1.54, 1.807) is 35.9 Å². The predicted molar refractivity (Wildman–Crippen MR) is 185 cm³/mol. The lowest BCUT2D eigenvalue weighted by molar-refractivity contribution is -0.132. The number of hydrogen-bond donors (Lipinski definition) is 2. The number of halogens is 1. The first-order chi connectivity index (χ1) is 22.2. The molecule has 0 bridgehead atoms. The minimum atomic E-state index is -3.98. The average molecular weight is 695 g/mol. The molecule has 262 valence electrons. The van der Waals surface area contributed by atoms with Crippen LogP contribution in [-0.4, -0.2) is 112 Å². The summed E-state index contributed by atoms with van der Waals surface area (Å²) in [6, 6.07) is 9.85. The van der Waals surface area contributed by atoms with Gasteiger partial charge in [0.2, 0.25) is 5.91 Å². The van der Waals surface area contributed by atoms with E-state index in [1.165, 1.54) is 30.3 Å². The van der Waals surface area contributed by atoms with Crippen molar-refractivity contribution in [2.45, 2.75) is 76.0 Å². The van der Waals surface area contributed by atoms with Crippen molar-refractivity contribution in [3.8, 4) is 5.75 Å².